The lowest BCUT2D eigenvalue weighted by Gasteiger charge is -2.17. The first-order valence-electron chi connectivity index (χ1n) is 7.43. The Balaban J connectivity index is 2.52. The molecule has 0 aliphatic rings. The molecule has 1 unspecified atom stereocenters. The van der Waals surface area contributed by atoms with Crippen LogP contribution in [-0.2, 0) is 16.0 Å². The molecule has 1 aromatic rings. The molecule has 0 amide bonds. The summed E-state index contributed by atoms with van der Waals surface area (Å²) in [5, 5.41) is 12.0. The third-order valence-electron chi connectivity index (χ3n) is 2.95. The van der Waals surface area contributed by atoms with Crippen LogP contribution >= 0.6 is 0 Å². The van der Waals surface area contributed by atoms with Gasteiger partial charge in [-0.1, -0.05) is 19.1 Å². The van der Waals surface area contributed by atoms with Crippen molar-refractivity contribution in [3.05, 3.63) is 29.8 Å². The third kappa shape index (κ3) is 6.60. The maximum atomic E-state index is 11.8. The normalized spacial score (nSPS) is 12.0. The first-order valence-corrected chi connectivity index (χ1v) is 7.43. The summed E-state index contributed by atoms with van der Waals surface area (Å²) in [6.07, 6.45) is 1.57. The van der Waals surface area contributed by atoms with Crippen molar-refractivity contribution in [2.45, 2.75) is 32.7 Å². The molecule has 0 fully saturated rings. The van der Waals surface area contributed by atoms with Crippen LogP contribution in [0.2, 0.25) is 0 Å². The average molecular weight is 295 g/mol. The summed E-state index contributed by atoms with van der Waals surface area (Å²) in [7, 11) is 0. The standard InChI is InChI=1S/C16H25NO4/c1-3-10-17-15(16(19)20-4-2)12-21-14-7-5-13(6-8-14)9-11-18/h5-8,15,17-18H,3-4,9-12H2,1-2H3. The van der Waals surface area contributed by atoms with E-state index >= 15 is 0 Å². The van der Waals surface area contributed by atoms with Crippen LogP contribution in [0.4, 0.5) is 0 Å². The highest BCUT2D eigenvalue weighted by molar-refractivity contribution is 5.76. The van der Waals surface area contributed by atoms with Gasteiger partial charge in [0.05, 0.1) is 6.61 Å². The molecular formula is C16H25NO4. The molecule has 5 nitrogen and oxygen atoms in total. The van der Waals surface area contributed by atoms with Gasteiger partial charge >= 0.3 is 5.97 Å². The van der Waals surface area contributed by atoms with Gasteiger partial charge in [0.1, 0.15) is 18.4 Å². The van der Waals surface area contributed by atoms with E-state index in [0.29, 0.717) is 18.8 Å². The van der Waals surface area contributed by atoms with E-state index in [9.17, 15) is 4.79 Å². The van der Waals surface area contributed by atoms with Gasteiger partial charge in [-0.25, -0.2) is 0 Å². The van der Waals surface area contributed by atoms with Crippen molar-refractivity contribution < 1.29 is 19.4 Å². The van der Waals surface area contributed by atoms with Crippen LogP contribution in [0.3, 0.4) is 0 Å². The van der Waals surface area contributed by atoms with E-state index < -0.39 is 6.04 Å². The first kappa shape index (κ1) is 17.5. The van der Waals surface area contributed by atoms with E-state index in [1.54, 1.807) is 6.92 Å². The Morgan fingerprint density at radius 1 is 1.29 bits per heavy atom. The lowest BCUT2D eigenvalue weighted by Crippen LogP contribution is -2.43. The van der Waals surface area contributed by atoms with Gasteiger partial charge in [-0.05, 0) is 44.0 Å². The zero-order valence-corrected chi connectivity index (χ0v) is 12.8. The topological polar surface area (TPSA) is 67.8 Å². The predicted molar refractivity (Wildman–Crippen MR) is 81.4 cm³/mol. The van der Waals surface area contributed by atoms with Gasteiger partial charge in [0.15, 0.2) is 0 Å². The summed E-state index contributed by atoms with van der Waals surface area (Å²) in [6.45, 7) is 5.29. The van der Waals surface area contributed by atoms with Crippen LogP contribution in [0.1, 0.15) is 25.8 Å². The molecule has 0 spiro atoms. The molecule has 118 valence electrons. The fraction of sp³-hybridized carbons (Fsp3) is 0.562. The molecule has 0 bridgehead atoms. The fourth-order valence-corrected chi connectivity index (χ4v) is 1.83. The van der Waals surface area contributed by atoms with Crippen molar-refractivity contribution in [1.82, 2.24) is 5.32 Å². The number of benzene rings is 1. The van der Waals surface area contributed by atoms with Crippen molar-refractivity contribution in [3.8, 4) is 5.75 Å². The van der Waals surface area contributed by atoms with Crippen molar-refractivity contribution in [1.29, 1.82) is 0 Å². The molecule has 0 radical (unpaired) electrons. The zero-order valence-electron chi connectivity index (χ0n) is 12.8. The maximum Gasteiger partial charge on any atom is 0.326 e. The molecule has 0 aromatic heterocycles. The van der Waals surface area contributed by atoms with Crippen molar-refractivity contribution >= 4 is 5.97 Å². The second kappa shape index (κ2) is 10.2. The number of rotatable bonds is 10. The van der Waals surface area contributed by atoms with Crippen LogP contribution in [0, 0.1) is 0 Å². The number of nitrogens with one attached hydrogen (secondary N) is 1. The molecule has 1 atom stereocenters. The minimum Gasteiger partial charge on any atom is -0.491 e. The lowest BCUT2D eigenvalue weighted by atomic mass is 10.1. The second-order valence-electron chi connectivity index (χ2n) is 4.69. The largest absolute Gasteiger partial charge is 0.491 e. The van der Waals surface area contributed by atoms with Crippen molar-refractivity contribution in [3.63, 3.8) is 0 Å². The summed E-state index contributed by atoms with van der Waals surface area (Å²) in [5.41, 5.74) is 1.05. The molecule has 0 heterocycles. The lowest BCUT2D eigenvalue weighted by molar-refractivity contribution is -0.146. The highest BCUT2D eigenvalue weighted by Crippen LogP contribution is 2.13. The van der Waals surface area contributed by atoms with Crippen molar-refractivity contribution in [2.24, 2.45) is 0 Å². The monoisotopic (exact) mass is 295 g/mol. The highest BCUT2D eigenvalue weighted by atomic mass is 16.5. The number of ether oxygens (including phenoxy) is 2. The second-order valence-corrected chi connectivity index (χ2v) is 4.69. The molecular weight excluding hydrogens is 270 g/mol. The van der Waals surface area contributed by atoms with E-state index in [1.165, 1.54) is 0 Å². The fourth-order valence-electron chi connectivity index (χ4n) is 1.83. The number of carbonyl (C=O) groups is 1. The van der Waals surface area contributed by atoms with Gasteiger partial charge in [-0.15, -0.1) is 0 Å². The minimum absolute atomic E-state index is 0.131. The van der Waals surface area contributed by atoms with Crippen LogP contribution in [0.15, 0.2) is 24.3 Å². The number of aliphatic hydroxyl groups is 1. The number of hydrogen-bond donors (Lipinski definition) is 2. The predicted octanol–water partition coefficient (Wildman–Crippen LogP) is 1.53. The molecule has 21 heavy (non-hydrogen) atoms. The van der Waals surface area contributed by atoms with E-state index in [2.05, 4.69) is 5.32 Å². The van der Waals surface area contributed by atoms with Crippen molar-refractivity contribution in [2.75, 3.05) is 26.4 Å². The minimum atomic E-state index is -0.456. The highest BCUT2D eigenvalue weighted by Gasteiger charge is 2.19. The average Bonchev–Trinajstić information content (AvgIpc) is 2.49. The zero-order chi connectivity index (χ0) is 15.5. The molecule has 0 aliphatic heterocycles. The summed E-state index contributed by atoms with van der Waals surface area (Å²) < 4.78 is 10.7. The Morgan fingerprint density at radius 3 is 2.57 bits per heavy atom. The Morgan fingerprint density at radius 2 is 2.00 bits per heavy atom. The van der Waals surface area contributed by atoms with Gasteiger partial charge in [0, 0.05) is 6.61 Å². The van der Waals surface area contributed by atoms with E-state index in [4.69, 9.17) is 14.6 Å². The molecule has 0 saturated carbocycles. The number of hydrogen-bond acceptors (Lipinski definition) is 5. The van der Waals surface area contributed by atoms with Gasteiger partial charge in [-0.2, -0.15) is 0 Å². The van der Waals surface area contributed by atoms with E-state index in [1.807, 2.05) is 31.2 Å². The molecule has 0 aliphatic carbocycles. The van der Waals surface area contributed by atoms with E-state index in [0.717, 1.165) is 18.5 Å². The third-order valence-corrected chi connectivity index (χ3v) is 2.95. The summed E-state index contributed by atoms with van der Waals surface area (Å²) in [6, 6.07) is 7.04. The maximum absolute atomic E-state index is 11.8. The Bertz CT molecular complexity index is 405. The SMILES string of the molecule is CCCNC(COc1ccc(CCO)cc1)C(=O)OCC. The Labute approximate surface area is 126 Å². The molecule has 1 rings (SSSR count). The summed E-state index contributed by atoms with van der Waals surface area (Å²) in [5.74, 6) is 0.409. The Hall–Kier alpha value is -1.59. The van der Waals surface area contributed by atoms with Crippen LogP contribution in [-0.4, -0.2) is 43.5 Å². The molecule has 0 saturated heterocycles. The van der Waals surface area contributed by atoms with Crippen LogP contribution in [0.25, 0.3) is 0 Å². The number of carbonyl (C=O) groups excluding carboxylic acids is 1. The number of aliphatic hydroxyl groups excluding tert-OH is 1. The van der Waals surface area contributed by atoms with Gasteiger partial charge < -0.3 is 19.9 Å². The van der Waals surface area contributed by atoms with Crippen LogP contribution in [0.5, 0.6) is 5.75 Å². The van der Waals surface area contributed by atoms with Gasteiger partial charge in [-0.3, -0.25) is 4.79 Å². The van der Waals surface area contributed by atoms with Gasteiger partial charge in [0.2, 0.25) is 0 Å². The quantitative estimate of drug-likeness (QED) is 0.641. The molecule has 2 N–H and O–H groups in total. The summed E-state index contributed by atoms with van der Waals surface area (Å²) in [4.78, 5) is 11.8. The molecule has 5 heteroatoms. The summed E-state index contributed by atoms with van der Waals surface area (Å²) >= 11 is 0. The number of esters is 1. The van der Waals surface area contributed by atoms with Crippen LogP contribution < -0.4 is 10.1 Å². The molecule has 1 aromatic carbocycles. The Kier molecular flexibility index (Phi) is 8.47. The first-order chi connectivity index (χ1) is 10.2. The van der Waals surface area contributed by atoms with Gasteiger partial charge in [0.25, 0.3) is 0 Å². The smallest absolute Gasteiger partial charge is 0.326 e. The van der Waals surface area contributed by atoms with E-state index in [-0.39, 0.29) is 19.2 Å².